The van der Waals surface area contributed by atoms with Crippen molar-refractivity contribution >= 4 is 17.7 Å². The predicted molar refractivity (Wildman–Crippen MR) is 104 cm³/mol. The van der Waals surface area contributed by atoms with Gasteiger partial charge in [0.05, 0.1) is 25.5 Å². The van der Waals surface area contributed by atoms with Crippen molar-refractivity contribution in [2.45, 2.75) is 44.8 Å². The van der Waals surface area contributed by atoms with E-state index in [1.54, 1.807) is 13.4 Å². The van der Waals surface area contributed by atoms with Crippen LogP contribution in [0.1, 0.15) is 37.9 Å². The molecule has 152 valence electrons. The van der Waals surface area contributed by atoms with Crippen molar-refractivity contribution in [2.24, 2.45) is 7.05 Å². The molecule has 1 aliphatic rings. The van der Waals surface area contributed by atoms with E-state index in [0.717, 1.165) is 11.4 Å². The molecule has 28 heavy (non-hydrogen) atoms. The first-order valence-corrected chi connectivity index (χ1v) is 9.47. The number of aryl methyl sites for hydroxylation is 1. The molecule has 0 aliphatic carbocycles. The van der Waals surface area contributed by atoms with Gasteiger partial charge >= 0.3 is 6.09 Å². The Kier molecular flexibility index (Phi) is 5.63. The molecule has 1 aliphatic heterocycles. The Morgan fingerprint density at radius 1 is 1.39 bits per heavy atom. The summed E-state index contributed by atoms with van der Waals surface area (Å²) >= 11 is 6.30. The highest BCUT2D eigenvalue weighted by Gasteiger charge is 2.42. The van der Waals surface area contributed by atoms with E-state index >= 15 is 0 Å². The van der Waals surface area contributed by atoms with Crippen LogP contribution in [-0.2, 0) is 34.9 Å². The predicted octanol–water partition coefficient (Wildman–Crippen LogP) is 2.74. The minimum atomic E-state index is -0.554. The summed E-state index contributed by atoms with van der Waals surface area (Å²) in [4.78, 5) is 18.1. The van der Waals surface area contributed by atoms with E-state index in [1.807, 2.05) is 44.5 Å². The number of hydrogen-bond acceptors (Lipinski definition) is 6. The second-order valence-electron chi connectivity index (χ2n) is 8.31. The van der Waals surface area contributed by atoms with E-state index in [-0.39, 0.29) is 5.41 Å². The van der Waals surface area contributed by atoms with Crippen LogP contribution in [0.2, 0.25) is 5.15 Å². The highest BCUT2D eigenvalue weighted by atomic mass is 35.5. The highest BCUT2D eigenvalue weighted by molar-refractivity contribution is 6.29. The van der Waals surface area contributed by atoms with Crippen LogP contribution in [-0.4, -0.2) is 56.6 Å². The molecule has 2 aromatic heterocycles. The van der Waals surface area contributed by atoms with E-state index in [4.69, 9.17) is 21.1 Å². The van der Waals surface area contributed by atoms with Gasteiger partial charge in [-0.1, -0.05) is 11.6 Å². The van der Waals surface area contributed by atoms with Gasteiger partial charge in [0.2, 0.25) is 0 Å². The number of amides is 1. The fourth-order valence-electron chi connectivity index (χ4n) is 3.07. The van der Waals surface area contributed by atoms with E-state index in [1.165, 1.54) is 4.90 Å². The van der Waals surface area contributed by atoms with Crippen LogP contribution in [0.25, 0.3) is 0 Å². The lowest BCUT2D eigenvalue weighted by Crippen LogP contribution is -2.49. The van der Waals surface area contributed by atoms with E-state index < -0.39 is 11.7 Å². The van der Waals surface area contributed by atoms with Crippen molar-refractivity contribution in [1.82, 2.24) is 24.6 Å². The molecular formula is C19H26ClN5O3. The Bertz CT molecular complexity index is 857. The maximum absolute atomic E-state index is 12.3. The Hall–Kier alpha value is -2.19. The lowest BCUT2D eigenvalue weighted by molar-refractivity contribution is -0.0612. The standard InChI is InChI=1S/C19H26ClN5O3/c1-18(2,3)28-17(26)24(4)9-14-6-13(7-15(20)22-14)19(10-27-11-19)8-16-23-21-12-25(16)5/h6-7,12H,8-11H2,1-5H3. The van der Waals surface area contributed by atoms with E-state index in [9.17, 15) is 4.79 Å². The Balaban J connectivity index is 1.81. The third kappa shape index (κ3) is 4.62. The van der Waals surface area contributed by atoms with Crippen LogP contribution in [0.3, 0.4) is 0 Å². The molecule has 0 N–H and O–H groups in total. The van der Waals surface area contributed by atoms with Crippen LogP contribution in [0.4, 0.5) is 4.79 Å². The fraction of sp³-hybridized carbons (Fsp3) is 0.579. The number of hydrogen-bond donors (Lipinski definition) is 0. The van der Waals surface area contributed by atoms with Crippen molar-refractivity contribution in [2.75, 3.05) is 20.3 Å². The van der Waals surface area contributed by atoms with Gasteiger partial charge in [-0.05, 0) is 38.5 Å². The van der Waals surface area contributed by atoms with Gasteiger partial charge in [-0.2, -0.15) is 0 Å². The molecule has 0 aromatic carbocycles. The average molecular weight is 408 g/mol. The topological polar surface area (TPSA) is 82.4 Å². The molecule has 0 bridgehead atoms. The molecule has 2 aromatic rings. The Labute approximate surface area is 169 Å². The lowest BCUT2D eigenvalue weighted by Gasteiger charge is -2.42. The summed E-state index contributed by atoms with van der Waals surface area (Å²) in [5.41, 5.74) is 0.934. The highest BCUT2D eigenvalue weighted by Crippen LogP contribution is 2.36. The molecule has 0 saturated carbocycles. The van der Waals surface area contributed by atoms with Gasteiger partial charge in [0.1, 0.15) is 22.9 Å². The zero-order valence-corrected chi connectivity index (χ0v) is 17.7. The fourth-order valence-corrected chi connectivity index (χ4v) is 3.30. The summed E-state index contributed by atoms with van der Waals surface area (Å²) in [7, 11) is 3.60. The number of ether oxygens (including phenoxy) is 2. The summed E-state index contributed by atoms with van der Waals surface area (Å²) in [5.74, 6) is 0.878. The number of carbonyl (C=O) groups excluding carboxylic acids is 1. The van der Waals surface area contributed by atoms with Crippen LogP contribution in [0.5, 0.6) is 0 Å². The first-order chi connectivity index (χ1) is 13.1. The number of nitrogens with zero attached hydrogens (tertiary/aromatic N) is 5. The van der Waals surface area contributed by atoms with Gasteiger partial charge in [0.15, 0.2) is 0 Å². The lowest BCUT2D eigenvalue weighted by atomic mass is 9.75. The Morgan fingerprint density at radius 2 is 2.11 bits per heavy atom. The Morgan fingerprint density at radius 3 is 2.64 bits per heavy atom. The van der Waals surface area contributed by atoms with Gasteiger partial charge in [0, 0.05) is 25.9 Å². The molecule has 8 nitrogen and oxygen atoms in total. The SMILES string of the molecule is CN(Cc1cc(C2(Cc3nncn3C)COC2)cc(Cl)n1)C(=O)OC(C)(C)C. The maximum atomic E-state index is 12.3. The second kappa shape index (κ2) is 7.67. The van der Waals surface area contributed by atoms with Crippen LogP contribution < -0.4 is 0 Å². The minimum Gasteiger partial charge on any atom is -0.444 e. The molecular weight excluding hydrogens is 382 g/mol. The molecule has 1 amide bonds. The largest absolute Gasteiger partial charge is 0.444 e. The van der Waals surface area contributed by atoms with Gasteiger partial charge in [-0.15, -0.1) is 10.2 Å². The quantitative estimate of drug-likeness (QED) is 0.709. The zero-order chi connectivity index (χ0) is 20.5. The summed E-state index contributed by atoms with van der Waals surface area (Å²) in [6.45, 7) is 6.94. The number of rotatable bonds is 5. The van der Waals surface area contributed by atoms with E-state index in [2.05, 4.69) is 15.2 Å². The van der Waals surface area contributed by atoms with Crippen molar-refractivity contribution in [1.29, 1.82) is 0 Å². The molecule has 0 radical (unpaired) electrons. The van der Waals surface area contributed by atoms with Crippen LogP contribution in [0.15, 0.2) is 18.5 Å². The monoisotopic (exact) mass is 407 g/mol. The molecule has 3 heterocycles. The van der Waals surface area contributed by atoms with Gasteiger partial charge in [-0.3, -0.25) is 0 Å². The summed E-state index contributed by atoms with van der Waals surface area (Å²) in [6.07, 6.45) is 1.96. The number of carbonyl (C=O) groups is 1. The molecule has 1 fully saturated rings. The van der Waals surface area contributed by atoms with Crippen molar-refractivity contribution in [3.05, 3.63) is 40.7 Å². The van der Waals surface area contributed by atoms with Crippen LogP contribution in [0, 0.1) is 0 Å². The van der Waals surface area contributed by atoms with Gasteiger partial charge in [-0.25, -0.2) is 9.78 Å². The first-order valence-electron chi connectivity index (χ1n) is 9.10. The molecule has 3 rings (SSSR count). The van der Waals surface area contributed by atoms with Crippen molar-refractivity contribution in [3.8, 4) is 0 Å². The number of aromatic nitrogens is 4. The normalized spacial score (nSPS) is 15.8. The third-order valence-corrected chi connectivity index (χ3v) is 4.82. The van der Waals surface area contributed by atoms with Crippen molar-refractivity contribution < 1.29 is 14.3 Å². The second-order valence-corrected chi connectivity index (χ2v) is 8.70. The number of pyridine rings is 1. The number of halogens is 1. The maximum Gasteiger partial charge on any atom is 0.410 e. The van der Waals surface area contributed by atoms with Gasteiger partial charge in [0.25, 0.3) is 0 Å². The molecule has 1 saturated heterocycles. The van der Waals surface area contributed by atoms with Crippen LogP contribution >= 0.6 is 11.6 Å². The molecule has 0 atom stereocenters. The van der Waals surface area contributed by atoms with E-state index in [0.29, 0.717) is 37.0 Å². The molecule has 0 unspecified atom stereocenters. The first kappa shape index (κ1) is 20.5. The minimum absolute atomic E-state index is 0.230. The summed E-state index contributed by atoms with van der Waals surface area (Å²) in [5, 5.41) is 8.54. The zero-order valence-electron chi connectivity index (χ0n) is 16.9. The van der Waals surface area contributed by atoms with Crippen molar-refractivity contribution in [3.63, 3.8) is 0 Å². The summed E-state index contributed by atoms with van der Waals surface area (Å²) < 4.78 is 12.8. The smallest absolute Gasteiger partial charge is 0.410 e. The third-order valence-electron chi connectivity index (χ3n) is 4.62. The van der Waals surface area contributed by atoms with Gasteiger partial charge < -0.3 is 18.9 Å². The molecule has 0 spiro atoms. The average Bonchev–Trinajstić information content (AvgIpc) is 2.93. The molecule has 9 heteroatoms. The summed E-state index contributed by atoms with van der Waals surface area (Å²) in [6, 6.07) is 3.84.